The number of carbonyl (C=O) groups is 1. The van der Waals surface area contributed by atoms with Crippen molar-refractivity contribution >= 4 is 27.4 Å². The van der Waals surface area contributed by atoms with Gasteiger partial charge in [0, 0.05) is 36.8 Å². The Morgan fingerprint density at radius 1 is 1.05 bits per heavy atom. The number of hydrogen-bond donors (Lipinski definition) is 1. The Bertz CT molecular complexity index is 1330. The van der Waals surface area contributed by atoms with Gasteiger partial charge in [0.05, 0.1) is 18.4 Å². The van der Waals surface area contributed by atoms with E-state index in [-0.39, 0.29) is 12.4 Å². The molecule has 1 heterocycles. The predicted octanol–water partition coefficient (Wildman–Crippen LogP) is 4.15. The number of sulfone groups is 1. The lowest BCUT2D eigenvalue weighted by atomic mass is 10.1. The maximum Gasteiger partial charge on any atom is 0.309 e. The molecule has 0 saturated carbocycles. The Hall–Kier alpha value is -2.91. The third kappa shape index (κ3) is 6.90. The third-order valence-electron chi connectivity index (χ3n) is 6.39. The number of hydrogen-bond acceptors (Lipinski definition) is 7. The fraction of sp³-hybridized carbons (Fsp3) is 0.321. The summed E-state index contributed by atoms with van der Waals surface area (Å²) in [6.45, 7) is 4.14. The summed E-state index contributed by atoms with van der Waals surface area (Å²) < 4.78 is 38.2. The van der Waals surface area contributed by atoms with Crippen molar-refractivity contribution in [2.75, 3.05) is 26.7 Å². The smallest absolute Gasteiger partial charge is 0.309 e. The highest BCUT2D eigenvalue weighted by Gasteiger charge is 2.35. The summed E-state index contributed by atoms with van der Waals surface area (Å²) in [6, 6.07) is 19.9. The maximum atomic E-state index is 13.6. The maximum absolute atomic E-state index is 13.6. The molecule has 3 aromatic carbocycles. The van der Waals surface area contributed by atoms with Crippen molar-refractivity contribution < 1.29 is 22.7 Å². The van der Waals surface area contributed by atoms with E-state index >= 15 is 0 Å². The molecule has 1 saturated heterocycles. The van der Waals surface area contributed by atoms with Gasteiger partial charge in [0.1, 0.15) is 17.7 Å². The van der Waals surface area contributed by atoms with E-state index in [2.05, 4.69) is 5.32 Å². The molecule has 1 unspecified atom stereocenters. The van der Waals surface area contributed by atoms with E-state index in [1.54, 1.807) is 12.1 Å². The number of rotatable bonds is 9. The van der Waals surface area contributed by atoms with Gasteiger partial charge in [0.15, 0.2) is 9.84 Å². The zero-order valence-corrected chi connectivity index (χ0v) is 22.5. The van der Waals surface area contributed by atoms with E-state index in [0.717, 1.165) is 22.3 Å². The van der Waals surface area contributed by atoms with Crippen LogP contribution in [0.25, 0.3) is 0 Å². The second-order valence-corrected chi connectivity index (χ2v) is 11.6. The topological polar surface area (TPSA) is 84.9 Å². The summed E-state index contributed by atoms with van der Waals surface area (Å²) in [6.07, 6.45) is 0.119. The average Bonchev–Trinajstić information content (AvgIpc) is 2.89. The Morgan fingerprint density at radius 2 is 1.76 bits per heavy atom. The molecular formula is C28H31ClN2O5S. The lowest BCUT2D eigenvalue weighted by Gasteiger charge is -2.36. The van der Waals surface area contributed by atoms with Crippen molar-refractivity contribution in [2.24, 2.45) is 0 Å². The number of nitrogens with zero attached hydrogens (tertiary/aromatic N) is 1. The van der Waals surface area contributed by atoms with Gasteiger partial charge < -0.3 is 14.8 Å². The van der Waals surface area contributed by atoms with Crippen molar-refractivity contribution in [3.05, 3.63) is 94.0 Å². The summed E-state index contributed by atoms with van der Waals surface area (Å²) in [5.41, 5.74) is 3.54. The van der Waals surface area contributed by atoms with Crippen LogP contribution < -0.4 is 10.1 Å². The average molecular weight is 543 g/mol. The van der Waals surface area contributed by atoms with E-state index in [0.29, 0.717) is 48.5 Å². The Morgan fingerprint density at radius 3 is 2.46 bits per heavy atom. The van der Waals surface area contributed by atoms with Crippen molar-refractivity contribution in [3.8, 4) is 5.75 Å². The molecule has 7 nitrogen and oxygen atoms in total. The van der Waals surface area contributed by atoms with Gasteiger partial charge in [-0.3, -0.25) is 9.69 Å². The van der Waals surface area contributed by atoms with Crippen LogP contribution in [0.5, 0.6) is 5.75 Å². The zero-order chi connectivity index (χ0) is 26.4. The van der Waals surface area contributed by atoms with Gasteiger partial charge in [-0.1, -0.05) is 53.6 Å². The Balaban J connectivity index is 1.62. The highest BCUT2D eigenvalue weighted by atomic mass is 35.5. The first kappa shape index (κ1) is 27.1. The molecule has 9 heteroatoms. The standard InChI is InChI=1S/C28H31ClN2O5S/c1-20-3-10-25(11-4-20)37(33,34)27-17-30-13-14-31(27)18-23-15-22(16-28(32)35-2)7-12-26(23)36-19-21-5-8-24(29)9-6-21/h3-12,15,27,30H,13-14,16-19H2,1-2H3. The first-order valence-electron chi connectivity index (χ1n) is 12.1. The van der Waals surface area contributed by atoms with Crippen LogP contribution in [-0.4, -0.2) is 51.4 Å². The second-order valence-electron chi connectivity index (χ2n) is 9.10. The second kappa shape index (κ2) is 12.1. The molecule has 1 N–H and O–H groups in total. The minimum atomic E-state index is -3.62. The molecule has 4 rings (SSSR count). The van der Waals surface area contributed by atoms with Crippen molar-refractivity contribution in [1.29, 1.82) is 0 Å². The molecule has 1 aliphatic heterocycles. The van der Waals surface area contributed by atoms with Crippen LogP contribution in [0.15, 0.2) is 71.6 Å². The van der Waals surface area contributed by atoms with E-state index in [4.69, 9.17) is 21.1 Å². The molecule has 1 fully saturated rings. The lowest BCUT2D eigenvalue weighted by Crippen LogP contribution is -2.54. The highest BCUT2D eigenvalue weighted by molar-refractivity contribution is 7.92. The number of ether oxygens (including phenoxy) is 2. The summed E-state index contributed by atoms with van der Waals surface area (Å²) >= 11 is 6.00. The summed E-state index contributed by atoms with van der Waals surface area (Å²) in [5.74, 6) is 0.288. The number of methoxy groups -OCH3 is 1. The van der Waals surface area contributed by atoms with Crippen LogP contribution >= 0.6 is 11.6 Å². The Labute approximate surface area is 223 Å². The number of aryl methyl sites for hydroxylation is 1. The van der Waals surface area contributed by atoms with Gasteiger partial charge in [-0.05, 0) is 48.4 Å². The van der Waals surface area contributed by atoms with Crippen LogP contribution in [0.3, 0.4) is 0 Å². The molecule has 0 amide bonds. The lowest BCUT2D eigenvalue weighted by molar-refractivity contribution is -0.139. The van der Waals surface area contributed by atoms with Crippen molar-refractivity contribution in [3.63, 3.8) is 0 Å². The minimum Gasteiger partial charge on any atom is -0.489 e. The van der Waals surface area contributed by atoms with Crippen LogP contribution in [-0.2, 0) is 38.9 Å². The molecule has 0 aromatic heterocycles. The monoisotopic (exact) mass is 542 g/mol. The fourth-order valence-electron chi connectivity index (χ4n) is 4.30. The van der Waals surface area contributed by atoms with Gasteiger partial charge in [0.25, 0.3) is 0 Å². The number of halogens is 1. The molecule has 0 aliphatic carbocycles. The molecular weight excluding hydrogens is 512 g/mol. The summed E-state index contributed by atoms with van der Waals surface area (Å²) in [7, 11) is -2.26. The largest absolute Gasteiger partial charge is 0.489 e. The molecule has 1 aliphatic rings. The molecule has 0 bridgehead atoms. The van der Waals surface area contributed by atoms with Crippen LogP contribution in [0.4, 0.5) is 0 Å². The molecule has 37 heavy (non-hydrogen) atoms. The van der Waals surface area contributed by atoms with Gasteiger partial charge in [-0.2, -0.15) is 0 Å². The number of carbonyl (C=O) groups excluding carboxylic acids is 1. The fourth-order valence-corrected chi connectivity index (χ4v) is 6.16. The van der Waals surface area contributed by atoms with Gasteiger partial charge in [-0.25, -0.2) is 8.42 Å². The van der Waals surface area contributed by atoms with E-state index in [9.17, 15) is 13.2 Å². The SMILES string of the molecule is COC(=O)Cc1ccc(OCc2ccc(Cl)cc2)c(CN2CCNCC2S(=O)(=O)c2ccc(C)cc2)c1. The van der Waals surface area contributed by atoms with E-state index < -0.39 is 15.2 Å². The van der Waals surface area contributed by atoms with Crippen molar-refractivity contribution in [2.45, 2.75) is 36.8 Å². The van der Waals surface area contributed by atoms with Gasteiger partial charge >= 0.3 is 5.97 Å². The quantitative estimate of drug-likeness (QED) is 0.407. The normalized spacial score (nSPS) is 16.4. The highest BCUT2D eigenvalue weighted by Crippen LogP contribution is 2.28. The third-order valence-corrected chi connectivity index (χ3v) is 8.75. The number of benzene rings is 3. The van der Waals surface area contributed by atoms with E-state index in [1.165, 1.54) is 7.11 Å². The van der Waals surface area contributed by atoms with E-state index in [1.807, 2.05) is 66.4 Å². The molecule has 3 aromatic rings. The predicted molar refractivity (Wildman–Crippen MR) is 143 cm³/mol. The molecule has 0 radical (unpaired) electrons. The van der Waals surface area contributed by atoms with Crippen molar-refractivity contribution in [1.82, 2.24) is 10.2 Å². The first-order chi connectivity index (χ1) is 17.8. The molecule has 1 atom stereocenters. The van der Waals surface area contributed by atoms with Gasteiger partial charge in [0.2, 0.25) is 0 Å². The van der Waals surface area contributed by atoms with Gasteiger partial charge in [-0.15, -0.1) is 0 Å². The first-order valence-corrected chi connectivity index (χ1v) is 14.0. The molecule has 0 spiro atoms. The molecule has 196 valence electrons. The minimum absolute atomic E-state index is 0.119. The van der Waals surface area contributed by atoms with Crippen LogP contribution in [0.2, 0.25) is 5.02 Å². The van der Waals surface area contributed by atoms with Crippen LogP contribution in [0, 0.1) is 6.92 Å². The number of piperazine rings is 1. The summed E-state index contributed by atoms with van der Waals surface area (Å²) in [4.78, 5) is 14.2. The zero-order valence-electron chi connectivity index (χ0n) is 20.9. The summed E-state index contributed by atoms with van der Waals surface area (Å²) in [5, 5.41) is 3.14. The number of esters is 1. The Kier molecular flexibility index (Phi) is 8.87. The van der Waals surface area contributed by atoms with Crippen LogP contribution in [0.1, 0.15) is 22.3 Å². The number of nitrogens with one attached hydrogen (secondary N) is 1.